The van der Waals surface area contributed by atoms with Gasteiger partial charge in [0.15, 0.2) is 0 Å². The molecule has 0 aromatic heterocycles. The molecule has 0 heterocycles. The first-order valence-corrected chi connectivity index (χ1v) is 8.04. The van der Waals surface area contributed by atoms with Gasteiger partial charge in [0.25, 0.3) is 6.47 Å². The molecule has 1 fully saturated rings. The molecule has 2 heteroatoms. The average Bonchev–Trinajstić information content (AvgIpc) is 2.67. The van der Waals surface area contributed by atoms with Crippen LogP contribution >= 0.6 is 0 Å². The van der Waals surface area contributed by atoms with Gasteiger partial charge in [-0.25, -0.2) is 0 Å². The third-order valence-electron chi connectivity index (χ3n) is 5.00. The van der Waals surface area contributed by atoms with Gasteiger partial charge in [-0.05, 0) is 62.2 Å². The van der Waals surface area contributed by atoms with Gasteiger partial charge >= 0.3 is 0 Å². The lowest BCUT2D eigenvalue weighted by molar-refractivity contribution is -0.133. The Bertz CT molecular complexity index is 262. The Morgan fingerprint density at radius 3 is 2.47 bits per heavy atom. The Labute approximate surface area is 119 Å². The van der Waals surface area contributed by atoms with Crippen molar-refractivity contribution >= 4 is 6.47 Å². The van der Waals surface area contributed by atoms with Crippen molar-refractivity contribution in [3.05, 3.63) is 0 Å². The standard InChI is InChI=1S/C17H32O2/c1-12(2)10-14(4)17-8-6-13(3)16(17)9-7-15(5)19-11-18/h11-17H,6-10H2,1-5H3/t13-,14-,15+,16+,17-/m0/s1. The van der Waals surface area contributed by atoms with E-state index in [1.807, 2.05) is 6.92 Å². The Morgan fingerprint density at radius 2 is 1.89 bits per heavy atom. The molecule has 112 valence electrons. The van der Waals surface area contributed by atoms with E-state index in [9.17, 15) is 4.79 Å². The van der Waals surface area contributed by atoms with Crippen LogP contribution in [0.2, 0.25) is 0 Å². The molecule has 0 aromatic rings. The molecule has 1 rings (SSSR count). The molecule has 0 amide bonds. The second kappa shape index (κ2) is 7.91. The minimum Gasteiger partial charge on any atom is -0.465 e. The fourth-order valence-electron chi connectivity index (χ4n) is 4.02. The summed E-state index contributed by atoms with van der Waals surface area (Å²) in [4.78, 5) is 10.3. The Balaban J connectivity index is 2.49. The van der Waals surface area contributed by atoms with E-state index in [2.05, 4.69) is 27.7 Å². The number of hydrogen-bond acceptors (Lipinski definition) is 2. The highest BCUT2D eigenvalue weighted by atomic mass is 16.5. The summed E-state index contributed by atoms with van der Waals surface area (Å²) in [5.41, 5.74) is 0. The number of hydrogen-bond donors (Lipinski definition) is 0. The fraction of sp³-hybridized carbons (Fsp3) is 0.941. The third kappa shape index (κ3) is 5.16. The molecule has 2 nitrogen and oxygen atoms in total. The molecular weight excluding hydrogens is 236 g/mol. The minimum absolute atomic E-state index is 0.0753. The quantitative estimate of drug-likeness (QED) is 0.598. The number of carbonyl (C=O) groups is 1. The second-order valence-electron chi connectivity index (χ2n) is 7.11. The monoisotopic (exact) mass is 268 g/mol. The molecule has 0 N–H and O–H groups in total. The molecule has 0 saturated heterocycles. The van der Waals surface area contributed by atoms with E-state index in [0.29, 0.717) is 6.47 Å². The topological polar surface area (TPSA) is 26.3 Å². The summed E-state index contributed by atoms with van der Waals surface area (Å²) in [6.07, 6.45) is 6.41. The highest BCUT2D eigenvalue weighted by Crippen LogP contribution is 2.45. The molecule has 0 spiro atoms. The Kier molecular flexibility index (Phi) is 6.88. The lowest BCUT2D eigenvalue weighted by Gasteiger charge is -2.29. The van der Waals surface area contributed by atoms with Crippen LogP contribution in [0.4, 0.5) is 0 Å². The molecule has 0 radical (unpaired) electrons. The number of rotatable bonds is 8. The summed E-state index contributed by atoms with van der Waals surface area (Å²) in [7, 11) is 0. The van der Waals surface area contributed by atoms with Gasteiger partial charge in [-0.1, -0.05) is 34.1 Å². The molecule has 19 heavy (non-hydrogen) atoms. The van der Waals surface area contributed by atoms with Crippen molar-refractivity contribution in [2.45, 2.75) is 72.8 Å². The number of ether oxygens (including phenoxy) is 1. The summed E-state index contributed by atoms with van der Waals surface area (Å²) >= 11 is 0. The van der Waals surface area contributed by atoms with Gasteiger partial charge < -0.3 is 4.74 Å². The highest BCUT2D eigenvalue weighted by Gasteiger charge is 2.36. The SMILES string of the molecule is CC(C)C[C@H](C)[C@@H]1CC[C@H](C)[C@H]1CC[C@@H](C)OC=O. The van der Waals surface area contributed by atoms with Crippen LogP contribution in [0.3, 0.4) is 0 Å². The van der Waals surface area contributed by atoms with Crippen molar-refractivity contribution in [2.75, 3.05) is 0 Å². The van der Waals surface area contributed by atoms with E-state index >= 15 is 0 Å². The Morgan fingerprint density at radius 1 is 1.21 bits per heavy atom. The summed E-state index contributed by atoms with van der Waals surface area (Å²) < 4.78 is 5.02. The van der Waals surface area contributed by atoms with E-state index in [0.717, 1.165) is 36.0 Å². The molecular formula is C17H32O2. The summed E-state index contributed by atoms with van der Waals surface area (Å²) in [5, 5.41) is 0. The van der Waals surface area contributed by atoms with E-state index in [-0.39, 0.29) is 6.10 Å². The predicted molar refractivity (Wildman–Crippen MR) is 79.8 cm³/mol. The maximum Gasteiger partial charge on any atom is 0.293 e. The molecule has 1 aliphatic carbocycles. The first-order valence-electron chi connectivity index (χ1n) is 8.04. The molecule has 1 aliphatic rings. The van der Waals surface area contributed by atoms with Crippen LogP contribution < -0.4 is 0 Å². The van der Waals surface area contributed by atoms with Gasteiger partial charge in [-0.2, -0.15) is 0 Å². The molecule has 1 saturated carbocycles. The molecule has 5 atom stereocenters. The van der Waals surface area contributed by atoms with Crippen LogP contribution in [-0.4, -0.2) is 12.6 Å². The van der Waals surface area contributed by atoms with Gasteiger partial charge in [0.05, 0.1) is 6.10 Å². The second-order valence-corrected chi connectivity index (χ2v) is 7.11. The maximum atomic E-state index is 10.3. The van der Waals surface area contributed by atoms with E-state index < -0.39 is 0 Å². The van der Waals surface area contributed by atoms with E-state index in [1.54, 1.807) is 0 Å². The molecule has 0 unspecified atom stereocenters. The van der Waals surface area contributed by atoms with Crippen LogP contribution in [0, 0.1) is 29.6 Å². The summed E-state index contributed by atoms with van der Waals surface area (Å²) in [6.45, 7) is 12.1. The van der Waals surface area contributed by atoms with Crippen molar-refractivity contribution in [3.8, 4) is 0 Å². The number of carbonyl (C=O) groups excluding carboxylic acids is 1. The minimum atomic E-state index is 0.0753. The van der Waals surface area contributed by atoms with Crippen molar-refractivity contribution in [1.29, 1.82) is 0 Å². The molecule has 0 aromatic carbocycles. The summed E-state index contributed by atoms with van der Waals surface area (Å²) in [6, 6.07) is 0. The zero-order chi connectivity index (χ0) is 14.4. The first kappa shape index (κ1) is 16.5. The van der Waals surface area contributed by atoms with Crippen molar-refractivity contribution < 1.29 is 9.53 Å². The van der Waals surface area contributed by atoms with E-state index in [4.69, 9.17) is 4.74 Å². The lowest BCUT2D eigenvalue weighted by Crippen LogP contribution is -2.22. The normalized spacial score (nSPS) is 30.3. The van der Waals surface area contributed by atoms with Crippen molar-refractivity contribution in [3.63, 3.8) is 0 Å². The first-order chi connectivity index (χ1) is 8.95. The largest absolute Gasteiger partial charge is 0.465 e. The van der Waals surface area contributed by atoms with E-state index in [1.165, 1.54) is 25.7 Å². The third-order valence-corrected chi connectivity index (χ3v) is 5.00. The zero-order valence-corrected chi connectivity index (χ0v) is 13.4. The van der Waals surface area contributed by atoms with Crippen LogP contribution in [0.15, 0.2) is 0 Å². The molecule has 0 aliphatic heterocycles. The zero-order valence-electron chi connectivity index (χ0n) is 13.4. The van der Waals surface area contributed by atoms with Gasteiger partial charge in [-0.15, -0.1) is 0 Å². The van der Waals surface area contributed by atoms with Crippen molar-refractivity contribution in [2.24, 2.45) is 29.6 Å². The van der Waals surface area contributed by atoms with Crippen molar-refractivity contribution in [1.82, 2.24) is 0 Å². The van der Waals surface area contributed by atoms with Gasteiger partial charge in [0.2, 0.25) is 0 Å². The van der Waals surface area contributed by atoms with Gasteiger partial charge in [-0.3, -0.25) is 4.79 Å². The van der Waals surface area contributed by atoms with Gasteiger partial charge in [0, 0.05) is 0 Å². The van der Waals surface area contributed by atoms with Crippen LogP contribution in [0.25, 0.3) is 0 Å². The average molecular weight is 268 g/mol. The lowest BCUT2D eigenvalue weighted by atomic mass is 9.76. The van der Waals surface area contributed by atoms with Crippen LogP contribution in [0.5, 0.6) is 0 Å². The predicted octanol–water partition coefficient (Wildman–Crippen LogP) is 4.67. The fourth-order valence-corrected chi connectivity index (χ4v) is 4.02. The smallest absolute Gasteiger partial charge is 0.293 e. The van der Waals surface area contributed by atoms with Crippen LogP contribution in [0.1, 0.15) is 66.7 Å². The van der Waals surface area contributed by atoms with Crippen LogP contribution in [-0.2, 0) is 9.53 Å². The Hall–Kier alpha value is -0.530. The maximum absolute atomic E-state index is 10.3. The van der Waals surface area contributed by atoms with Gasteiger partial charge in [0.1, 0.15) is 0 Å². The summed E-state index contributed by atoms with van der Waals surface area (Å²) in [5.74, 6) is 4.16. The molecule has 0 bridgehead atoms. The highest BCUT2D eigenvalue weighted by molar-refractivity contribution is 5.37.